The predicted octanol–water partition coefficient (Wildman–Crippen LogP) is 1.92. The van der Waals surface area contributed by atoms with E-state index in [2.05, 4.69) is 14.6 Å². The first-order valence-corrected chi connectivity index (χ1v) is 8.36. The van der Waals surface area contributed by atoms with Gasteiger partial charge in [0.2, 0.25) is 0 Å². The van der Waals surface area contributed by atoms with Crippen LogP contribution < -0.4 is 16.9 Å². The van der Waals surface area contributed by atoms with Crippen LogP contribution in [0.5, 0.6) is 0 Å². The van der Waals surface area contributed by atoms with Crippen molar-refractivity contribution in [1.82, 2.24) is 5.32 Å². The summed E-state index contributed by atoms with van der Waals surface area (Å²) in [6.45, 7) is 0. The van der Waals surface area contributed by atoms with Crippen molar-refractivity contribution in [3.8, 4) is 0 Å². The molecular formula is C18H13N3O4S. The number of hydrogen-bond donors (Lipinski definition) is 3. The minimum Gasteiger partial charge on any atom is -0.398 e. The number of amides is 1. The van der Waals surface area contributed by atoms with E-state index in [-0.39, 0.29) is 17.3 Å². The first-order valence-electron chi connectivity index (χ1n) is 7.62. The second-order valence-electron chi connectivity index (χ2n) is 5.64. The highest BCUT2D eigenvalue weighted by Gasteiger charge is 2.39. The molecule has 2 aromatic rings. The quantitative estimate of drug-likeness (QED) is 0.429. The van der Waals surface area contributed by atoms with Gasteiger partial charge in [-0.25, -0.2) is 0 Å². The number of Topliss-reactive ketones (excluding diaryl/α,β-unsaturated/α-hetero) is 1. The van der Waals surface area contributed by atoms with Gasteiger partial charge < -0.3 is 11.1 Å². The molecule has 0 atom stereocenters. The Hall–Kier alpha value is -2.91. The van der Waals surface area contributed by atoms with Gasteiger partial charge in [-0.2, -0.15) is 5.90 Å². The van der Waals surface area contributed by atoms with Crippen molar-refractivity contribution < 1.29 is 18.9 Å². The molecule has 1 aliphatic heterocycles. The van der Waals surface area contributed by atoms with Gasteiger partial charge in [0.05, 0.1) is 34.6 Å². The van der Waals surface area contributed by atoms with Crippen molar-refractivity contribution in [3.05, 3.63) is 76.4 Å². The maximum absolute atomic E-state index is 13.0. The summed E-state index contributed by atoms with van der Waals surface area (Å²) in [4.78, 5) is 30.2. The molecule has 4 rings (SSSR count). The third-order valence-corrected chi connectivity index (χ3v) is 4.85. The fourth-order valence-electron chi connectivity index (χ4n) is 3.10. The highest BCUT2D eigenvalue weighted by atomic mass is 32.2. The molecule has 1 heterocycles. The van der Waals surface area contributed by atoms with Gasteiger partial charge in [0, 0.05) is 16.0 Å². The van der Waals surface area contributed by atoms with Crippen LogP contribution in [0.4, 0.5) is 0 Å². The molecule has 0 saturated heterocycles. The minimum absolute atomic E-state index is 0.224. The van der Waals surface area contributed by atoms with Gasteiger partial charge in [-0.05, 0) is 17.7 Å². The summed E-state index contributed by atoms with van der Waals surface area (Å²) < 4.78 is 4.59. The van der Waals surface area contributed by atoms with E-state index in [0.29, 0.717) is 33.7 Å². The maximum atomic E-state index is 13.0. The third-order valence-electron chi connectivity index (χ3n) is 4.24. The number of carbonyl (C=O) groups is 2. The van der Waals surface area contributed by atoms with E-state index in [9.17, 15) is 9.59 Å². The van der Waals surface area contributed by atoms with Crippen LogP contribution in [0.1, 0.15) is 21.5 Å². The van der Waals surface area contributed by atoms with Crippen molar-refractivity contribution in [2.75, 3.05) is 0 Å². The van der Waals surface area contributed by atoms with Gasteiger partial charge in [-0.3, -0.25) is 9.59 Å². The normalized spacial score (nSPS) is 15.9. The van der Waals surface area contributed by atoms with Crippen LogP contribution in [0.15, 0.2) is 64.6 Å². The van der Waals surface area contributed by atoms with E-state index in [4.69, 9.17) is 11.6 Å². The Morgan fingerprint density at radius 2 is 1.62 bits per heavy atom. The summed E-state index contributed by atoms with van der Waals surface area (Å²) in [6.07, 6.45) is 0. The summed E-state index contributed by atoms with van der Waals surface area (Å²) in [5.74, 6) is 4.20. The largest absolute Gasteiger partial charge is 0.398 e. The Balaban J connectivity index is 1.82. The SMILES string of the molecule is NOOSc1ccc(C2=C3C(=O)c4ccccc4C(N)=C3C(=O)N2)cc1. The smallest absolute Gasteiger partial charge is 0.258 e. The molecular weight excluding hydrogens is 354 g/mol. The lowest BCUT2D eigenvalue weighted by atomic mass is 9.84. The molecule has 5 N–H and O–H groups in total. The Morgan fingerprint density at radius 1 is 0.923 bits per heavy atom. The van der Waals surface area contributed by atoms with Crippen LogP contribution in [0.25, 0.3) is 11.4 Å². The first-order chi connectivity index (χ1) is 12.6. The molecule has 1 aliphatic carbocycles. The highest BCUT2D eigenvalue weighted by molar-refractivity contribution is 7.94. The van der Waals surface area contributed by atoms with E-state index < -0.39 is 0 Å². The second-order valence-corrected chi connectivity index (χ2v) is 6.41. The maximum Gasteiger partial charge on any atom is 0.258 e. The van der Waals surface area contributed by atoms with Gasteiger partial charge in [0.25, 0.3) is 5.91 Å². The number of nitrogens with one attached hydrogen (secondary N) is 1. The van der Waals surface area contributed by atoms with Crippen LogP contribution in [0, 0.1) is 0 Å². The third kappa shape index (κ3) is 2.52. The molecule has 7 nitrogen and oxygen atoms in total. The molecule has 1 amide bonds. The van der Waals surface area contributed by atoms with Gasteiger partial charge in [-0.15, -0.1) is 9.32 Å². The Labute approximate surface area is 152 Å². The minimum atomic E-state index is -0.381. The zero-order chi connectivity index (χ0) is 18.3. The van der Waals surface area contributed by atoms with Crippen LogP contribution in [0.2, 0.25) is 0 Å². The number of benzene rings is 2. The van der Waals surface area contributed by atoms with Gasteiger partial charge in [-0.1, -0.05) is 36.4 Å². The lowest BCUT2D eigenvalue weighted by molar-refractivity contribution is -0.195. The predicted molar refractivity (Wildman–Crippen MR) is 95.6 cm³/mol. The molecule has 8 heteroatoms. The van der Waals surface area contributed by atoms with Crippen LogP contribution >= 0.6 is 12.0 Å². The van der Waals surface area contributed by atoms with Gasteiger partial charge in [0.1, 0.15) is 0 Å². The fourth-order valence-corrected chi connectivity index (χ4v) is 3.46. The monoisotopic (exact) mass is 367 g/mol. The molecule has 0 spiro atoms. The zero-order valence-corrected chi connectivity index (χ0v) is 14.1. The summed E-state index contributed by atoms with van der Waals surface area (Å²) in [5, 5.41) is 2.77. The van der Waals surface area contributed by atoms with E-state index in [1.807, 2.05) is 0 Å². The molecule has 130 valence electrons. The molecule has 0 bridgehead atoms. The summed E-state index contributed by atoms with van der Waals surface area (Å²) in [5.41, 5.74) is 9.22. The molecule has 0 fully saturated rings. The molecule has 2 aliphatic rings. The average Bonchev–Trinajstić information content (AvgIpc) is 3.02. The van der Waals surface area contributed by atoms with E-state index in [1.54, 1.807) is 48.5 Å². The van der Waals surface area contributed by atoms with E-state index in [0.717, 1.165) is 16.9 Å². The topological polar surface area (TPSA) is 117 Å². The van der Waals surface area contributed by atoms with Crippen molar-refractivity contribution in [3.63, 3.8) is 0 Å². The zero-order valence-electron chi connectivity index (χ0n) is 13.3. The molecule has 26 heavy (non-hydrogen) atoms. The summed E-state index contributed by atoms with van der Waals surface area (Å²) in [6, 6.07) is 14.0. The van der Waals surface area contributed by atoms with Crippen LogP contribution in [-0.4, -0.2) is 11.7 Å². The summed E-state index contributed by atoms with van der Waals surface area (Å²) in [7, 11) is 0. The summed E-state index contributed by atoms with van der Waals surface area (Å²) >= 11 is 0.940. The Kier molecular flexibility index (Phi) is 4.09. The van der Waals surface area contributed by atoms with Crippen molar-refractivity contribution in [2.45, 2.75) is 4.90 Å². The van der Waals surface area contributed by atoms with Crippen LogP contribution in [0.3, 0.4) is 0 Å². The van der Waals surface area contributed by atoms with Crippen molar-refractivity contribution in [2.24, 2.45) is 11.6 Å². The van der Waals surface area contributed by atoms with Gasteiger partial charge in [0.15, 0.2) is 5.78 Å². The lowest BCUT2D eigenvalue weighted by Crippen LogP contribution is -2.22. The number of carbonyl (C=O) groups excluding carboxylic acids is 2. The Bertz CT molecular complexity index is 996. The Morgan fingerprint density at radius 3 is 2.31 bits per heavy atom. The van der Waals surface area contributed by atoms with E-state index >= 15 is 0 Å². The fraction of sp³-hybridized carbons (Fsp3) is 0. The molecule has 2 aromatic carbocycles. The number of ketones is 1. The molecule has 0 aromatic heterocycles. The van der Waals surface area contributed by atoms with Crippen LogP contribution in [-0.2, 0) is 14.1 Å². The molecule has 0 unspecified atom stereocenters. The standard InChI is InChI=1S/C18H13N3O4S/c19-15-11-3-1-2-4-12(11)17(22)14-13(15)18(23)21-16(14)9-5-7-10(8-6-9)26-25-24-20/h1-8H,19-20H2,(H,21,23). The van der Waals surface area contributed by atoms with Gasteiger partial charge >= 0.3 is 0 Å². The first kappa shape index (κ1) is 16.6. The number of nitrogens with two attached hydrogens (primary N) is 2. The lowest BCUT2D eigenvalue weighted by Gasteiger charge is -2.18. The van der Waals surface area contributed by atoms with Crippen molar-refractivity contribution in [1.29, 1.82) is 0 Å². The average molecular weight is 367 g/mol. The molecule has 0 radical (unpaired) electrons. The van der Waals surface area contributed by atoms with Crippen molar-refractivity contribution >= 4 is 35.1 Å². The molecule has 0 saturated carbocycles. The number of hydrogen-bond acceptors (Lipinski definition) is 7. The number of rotatable bonds is 4. The number of fused-ring (bicyclic) bond motifs is 2. The van der Waals surface area contributed by atoms with E-state index in [1.165, 1.54) is 0 Å². The highest BCUT2D eigenvalue weighted by Crippen LogP contribution is 2.39. The second kappa shape index (κ2) is 6.43.